The zero-order valence-corrected chi connectivity index (χ0v) is 15.2. The quantitative estimate of drug-likeness (QED) is 0.417. The Morgan fingerprint density at radius 2 is 1.89 bits per heavy atom. The predicted octanol–water partition coefficient (Wildman–Crippen LogP) is 2.94. The summed E-state index contributed by atoms with van der Waals surface area (Å²) in [7, 11) is -2.31. The van der Waals surface area contributed by atoms with Crippen molar-refractivity contribution in [3.63, 3.8) is 0 Å². The van der Waals surface area contributed by atoms with Gasteiger partial charge in [-0.3, -0.25) is 14.9 Å². The molecule has 8 nitrogen and oxygen atoms in total. The first-order valence-corrected chi connectivity index (χ1v) is 9.49. The van der Waals surface area contributed by atoms with Gasteiger partial charge in [0.25, 0.3) is 5.69 Å². The molecule has 1 N–H and O–H groups in total. The van der Waals surface area contributed by atoms with Crippen LogP contribution in [0.2, 0.25) is 0 Å². The fourth-order valence-electron chi connectivity index (χ4n) is 2.29. The van der Waals surface area contributed by atoms with Crippen LogP contribution in [0.5, 0.6) is 5.75 Å². The van der Waals surface area contributed by atoms with Gasteiger partial charge >= 0.3 is 0 Å². The fraction of sp³-hybridized carbons (Fsp3) is 0.235. The second kappa shape index (κ2) is 8.58. The molecule has 0 spiro atoms. The Balaban J connectivity index is 1.95. The van der Waals surface area contributed by atoms with Crippen LogP contribution in [0.4, 0.5) is 15.8 Å². The zero-order chi connectivity index (χ0) is 20.0. The van der Waals surface area contributed by atoms with E-state index in [1.165, 1.54) is 37.4 Å². The van der Waals surface area contributed by atoms with Gasteiger partial charge < -0.3 is 10.1 Å². The summed E-state index contributed by atoms with van der Waals surface area (Å²) in [4.78, 5) is 22.2. The van der Waals surface area contributed by atoms with Gasteiger partial charge in [0.1, 0.15) is 11.6 Å². The van der Waals surface area contributed by atoms with E-state index in [2.05, 4.69) is 5.32 Å². The molecule has 27 heavy (non-hydrogen) atoms. The van der Waals surface area contributed by atoms with E-state index in [0.29, 0.717) is 0 Å². The van der Waals surface area contributed by atoms with Crippen molar-refractivity contribution in [1.82, 2.24) is 0 Å². The summed E-state index contributed by atoms with van der Waals surface area (Å²) in [5, 5.41) is 13.3. The van der Waals surface area contributed by atoms with Crippen LogP contribution in [0.25, 0.3) is 0 Å². The van der Waals surface area contributed by atoms with Gasteiger partial charge in [0.2, 0.25) is 5.91 Å². The number of hydrogen-bond donors (Lipinski definition) is 1. The molecule has 0 heterocycles. The zero-order valence-electron chi connectivity index (χ0n) is 14.3. The van der Waals surface area contributed by atoms with Crippen molar-refractivity contribution in [2.45, 2.75) is 17.7 Å². The molecule has 0 aliphatic carbocycles. The molecule has 0 aromatic heterocycles. The summed E-state index contributed by atoms with van der Waals surface area (Å²) in [6.07, 6.45) is -0.0264. The van der Waals surface area contributed by atoms with Crippen molar-refractivity contribution in [2.24, 2.45) is 0 Å². The SMILES string of the molecule is COc1cc([N+](=O)[O-])ccc1NC(=O)CCCS(=O)(=O)c1ccc(F)cc1. The maximum atomic E-state index is 12.9. The first-order chi connectivity index (χ1) is 12.7. The van der Waals surface area contributed by atoms with Gasteiger partial charge in [-0.05, 0) is 36.8 Å². The number of amides is 1. The number of rotatable bonds is 8. The van der Waals surface area contributed by atoms with Gasteiger partial charge in [-0.15, -0.1) is 0 Å². The number of anilines is 1. The minimum atomic E-state index is -3.62. The molecular formula is C17H17FN2O6S. The Morgan fingerprint density at radius 1 is 1.22 bits per heavy atom. The number of carbonyl (C=O) groups is 1. The molecule has 0 saturated carbocycles. The summed E-state index contributed by atoms with van der Waals surface area (Å²) in [6, 6.07) is 8.19. The minimum Gasteiger partial charge on any atom is -0.494 e. The van der Waals surface area contributed by atoms with Gasteiger partial charge in [-0.25, -0.2) is 12.8 Å². The first kappa shape index (κ1) is 20.3. The number of non-ortho nitro benzene ring substituents is 1. The number of halogens is 1. The Morgan fingerprint density at radius 3 is 2.48 bits per heavy atom. The maximum absolute atomic E-state index is 12.9. The van der Waals surface area contributed by atoms with E-state index in [-0.39, 0.29) is 40.6 Å². The Hall–Kier alpha value is -3.01. The number of nitrogens with one attached hydrogen (secondary N) is 1. The molecule has 144 valence electrons. The van der Waals surface area contributed by atoms with Gasteiger partial charge in [-0.1, -0.05) is 0 Å². The number of nitrogens with zero attached hydrogens (tertiary/aromatic N) is 1. The average molecular weight is 396 g/mol. The number of hydrogen-bond acceptors (Lipinski definition) is 6. The van der Waals surface area contributed by atoms with Crippen LogP contribution < -0.4 is 10.1 Å². The van der Waals surface area contributed by atoms with Gasteiger partial charge in [0, 0.05) is 12.5 Å². The van der Waals surface area contributed by atoms with E-state index < -0.39 is 26.5 Å². The van der Waals surface area contributed by atoms with Crippen LogP contribution in [0.3, 0.4) is 0 Å². The highest BCUT2D eigenvalue weighted by atomic mass is 32.2. The van der Waals surface area contributed by atoms with E-state index in [0.717, 1.165) is 12.1 Å². The number of benzene rings is 2. The Bertz CT molecular complexity index is 944. The molecule has 0 bridgehead atoms. The molecule has 1 amide bonds. The standard InChI is InChI=1S/C17H17FN2O6S/c1-26-16-11-13(20(22)23)6-9-15(16)19-17(21)3-2-10-27(24,25)14-7-4-12(18)5-8-14/h4-9,11H,2-3,10H2,1H3,(H,19,21). The topological polar surface area (TPSA) is 116 Å². The lowest BCUT2D eigenvalue weighted by Gasteiger charge is -2.10. The number of methoxy groups -OCH3 is 1. The lowest BCUT2D eigenvalue weighted by molar-refractivity contribution is -0.384. The third-order valence-electron chi connectivity index (χ3n) is 3.66. The van der Waals surface area contributed by atoms with E-state index in [1.54, 1.807) is 0 Å². The largest absolute Gasteiger partial charge is 0.494 e. The van der Waals surface area contributed by atoms with Gasteiger partial charge in [0.15, 0.2) is 9.84 Å². The second-order valence-electron chi connectivity index (χ2n) is 5.57. The van der Waals surface area contributed by atoms with Crippen LogP contribution in [-0.4, -0.2) is 32.1 Å². The lowest BCUT2D eigenvalue weighted by atomic mass is 10.2. The van der Waals surface area contributed by atoms with Crippen LogP contribution in [0.1, 0.15) is 12.8 Å². The predicted molar refractivity (Wildman–Crippen MR) is 96.0 cm³/mol. The number of nitro benzene ring substituents is 1. The number of nitro groups is 1. The summed E-state index contributed by atoms with van der Waals surface area (Å²) >= 11 is 0. The molecule has 0 saturated heterocycles. The van der Waals surface area contributed by atoms with Crippen molar-refractivity contribution in [3.8, 4) is 5.75 Å². The third-order valence-corrected chi connectivity index (χ3v) is 5.48. The molecule has 0 aliphatic heterocycles. The van der Waals surface area contributed by atoms with E-state index in [9.17, 15) is 27.7 Å². The van der Waals surface area contributed by atoms with Crippen molar-refractivity contribution in [1.29, 1.82) is 0 Å². The first-order valence-electron chi connectivity index (χ1n) is 7.83. The number of carbonyl (C=O) groups excluding carboxylic acids is 1. The van der Waals surface area contributed by atoms with Crippen LogP contribution in [0, 0.1) is 15.9 Å². The van der Waals surface area contributed by atoms with Crippen molar-refractivity contribution >= 4 is 27.1 Å². The molecular weight excluding hydrogens is 379 g/mol. The van der Waals surface area contributed by atoms with E-state index in [1.807, 2.05) is 0 Å². The van der Waals surface area contributed by atoms with Gasteiger partial charge in [0.05, 0.1) is 34.4 Å². The molecule has 0 aliphatic rings. The van der Waals surface area contributed by atoms with Crippen molar-refractivity contribution < 1.29 is 27.3 Å². The van der Waals surface area contributed by atoms with Crippen molar-refractivity contribution in [3.05, 3.63) is 58.4 Å². The molecule has 2 aromatic carbocycles. The molecule has 0 fully saturated rings. The summed E-state index contributed by atoms with van der Waals surface area (Å²) in [5.41, 5.74) is 0.0599. The van der Waals surface area contributed by atoms with E-state index in [4.69, 9.17) is 4.74 Å². The van der Waals surface area contributed by atoms with E-state index >= 15 is 0 Å². The highest BCUT2D eigenvalue weighted by molar-refractivity contribution is 7.91. The molecule has 0 atom stereocenters. The molecule has 2 aromatic rings. The summed E-state index contributed by atoms with van der Waals surface area (Å²) in [6.45, 7) is 0. The third kappa shape index (κ3) is 5.48. The smallest absolute Gasteiger partial charge is 0.273 e. The summed E-state index contributed by atoms with van der Waals surface area (Å²) in [5.74, 6) is -1.15. The van der Waals surface area contributed by atoms with Crippen LogP contribution >= 0.6 is 0 Å². The monoisotopic (exact) mass is 396 g/mol. The highest BCUT2D eigenvalue weighted by Gasteiger charge is 2.17. The fourth-order valence-corrected chi connectivity index (χ4v) is 3.60. The highest BCUT2D eigenvalue weighted by Crippen LogP contribution is 2.29. The van der Waals surface area contributed by atoms with Gasteiger partial charge in [-0.2, -0.15) is 0 Å². The number of ether oxygens (including phenoxy) is 1. The molecule has 0 unspecified atom stereocenters. The average Bonchev–Trinajstić information content (AvgIpc) is 2.62. The normalized spacial score (nSPS) is 11.0. The van der Waals surface area contributed by atoms with Crippen molar-refractivity contribution in [2.75, 3.05) is 18.2 Å². The maximum Gasteiger partial charge on any atom is 0.273 e. The lowest BCUT2D eigenvalue weighted by Crippen LogP contribution is -2.15. The Kier molecular flexibility index (Phi) is 6.45. The second-order valence-corrected chi connectivity index (χ2v) is 7.68. The van der Waals surface area contributed by atoms with Crippen LogP contribution in [0.15, 0.2) is 47.4 Å². The molecule has 10 heteroatoms. The summed E-state index contributed by atoms with van der Waals surface area (Å²) < 4.78 is 42.2. The Labute approximate surface area is 155 Å². The van der Waals surface area contributed by atoms with Crippen LogP contribution in [-0.2, 0) is 14.6 Å². The molecule has 2 rings (SSSR count). The minimum absolute atomic E-state index is 0.0126. The number of sulfone groups is 1. The molecule has 0 radical (unpaired) electrons.